The number of benzene rings is 1. The van der Waals surface area contributed by atoms with E-state index in [4.69, 9.17) is 0 Å². The highest BCUT2D eigenvalue weighted by molar-refractivity contribution is 6.04. The Kier molecular flexibility index (Phi) is 4.32. The Labute approximate surface area is 113 Å². The van der Waals surface area contributed by atoms with Crippen molar-refractivity contribution in [3.63, 3.8) is 0 Å². The molecule has 1 aromatic carbocycles. The number of likely N-dealkylation sites (tertiary alicyclic amines) is 1. The van der Waals surface area contributed by atoms with E-state index >= 15 is 0 Å². The lowest BCUT2D eigenvalue weighted by molar-refractivity contribution is -0.901. The fraction of sp³-hybridized carbons (Fsp3) is 0.467. The summed E-state index contributed by atoms with van der Waals surface area (Å²) >= 11 is 0. The second-order valence-corrected chi connectivity index (χ2v) is 5.18. The third kappa shape index (κ3) is 3.20. The van der Waals surface area contributed by atoms with Crippen LogP contribution in [0.1, 0.15) is 37.0 Å². The second kappa shape index (κ2) is 5.97. The Bertz CT molecular complexity index is 479. The molecule has 0 radical (unpaired) electrons. The molecule has 2 N–H and O–H groups in total. The molecule has 4 heteroatoms. The molecule has 1 amide bonds. The van der Waals surface area contributed by atoms with Crippen molar-refractivity contribution in [2.45, 2.75) is 32.7 Å². The minimum atomic E-state index is -0.0671. The Balaban J connectivity index is 2.08. The molecule has 0 saturated carbocycles. The highest BCUT2D eigenvalue weighted by atomic mass is 16.2. The van der Waals surface area contributed by atoms with E-state index in [9.17, 15) is 9.59 Å². The predicted octanol–water partition coefficient (Wildman–Crippen LogP) is 0.895. The van der Waals surface area contributed by atoms with Gasteiger partial charge in [0.1, 0.15) is 0 Å². The third-order valence-corrected chi connectivity index (χ3v) is 3.82. The maximum Gasteiger partial charge on any atom is 0.282 e. The maximum absolute atomic E-state index is 12.2. The molecule has 1 aliphatic rings. The van der Waals surface area contributed by atoms with Crippen molar-refractivity contribution in [2.75, 3.05) is 18.4 Å². The Morgan fingerprint density at radius 3 is 2.47 bits per heavy atom. The molecular formula is C15H21N2O2+. The van der Waals surface area contributed by atoms with Gasteiger partial charge in [-0.25, -0.2) is 0 Å². The van der Waals surface area contributed by atoms with E-state index in [0.29, 0.717) is 11.3 Å². The van der Waals surface area contributed by atoms with Crippen molar-refractivity contribution in [1.82, 2.24) is 0 Å². The van der Waals surface area contributed by atoms with Crippen LogP contribution in [0, 0.1) is 0 Å². The van der Waals surface area contributed by atoms with Gasteiger partial charge in [-0.05, 0) is 26.0 Å². The number of para-hydroxylation sites is 1. The number of hydrogen-bond donors (Lipinski definition) is 2. The van der Waals surface area contributed by atoms with E-state index in [1.54, 1.807) is 12.1 Å². The van der Waals surface area contributed by atoms with Gasteiger partial charge in [0, 0.05) is 18.4 Å². The Morgan fingerprint density at radius 2 is 1.84 bits per heavy atom. The molecule has 1 saturated heterocycles. The lowest BCUT2D eigenvalue weighted by Crippen LogP contribution is -3.14. The lowest BCUT2D eigenvalue weighted by atomic mass is 10.1. The largest absolute Gasteiger partial charge is 0.325 e. The number of ketones is 1. The van der Waals surface area contributed by atoms with Crippen LogP contribution in [-0.2, 0) is 4.79 Å². The summed E-state index contributed by atoms with van der Waals surface area (Å²) in [4.78, 5) is 25.1. The van der Waals surface area contributed by atoms with Crippen molar-refractivity contribution >= 4 is 17.4 Å². The molecule has 0 spiro atoms. The molecule has 1 fully saturated rings. The van der Waals surface area contributed by atoms with Gasteiger partial charge in [-0.2, -0.15) is 0 Å². The Morgan fingerprint density at radius 1 is 1.21 bits per heavy atom. The number of hydrogen-bond acceptors (Lipinski definition) is 2. The molecule has 0 aromatic heterocycles. The van der Waals surface area contributed by atoms with Crippen LogP contribution in [0.25, 0.3) is 0 Å². The molecule has 0 aliphatic carbocycles. The summed E-state index contributed by atoms with van der Waals surface area (Å²) in [6.07, 6.45) is 2.38. The molecule has 1 heterocycles. The van der Waals surface area contributed by atoms with Gasteiger partial charge in [0.2, 0.25) is 0 Å². The molecule has 0 bridgehead atoms. The predicted molar refractivity (Wildman–Crippen MR) is 74.5 cm³/mol. The average Bonchev–Trinajstić information content (AvgIpc) is 2.92. The normalized spacial score (nSPS) is 17.2. The van der Waals surface area contributed by atoms with Crippen molar-refractivity contribution in [2.24, 2.45) is 0 Å². The summed E-state index contributed by atoms with van der Waals surface area (Å²) in [6.45, 7) is 5.58. The zero-order chi connectivity index (χ0) is 13.8. The summed E-state index contributed by atoms with van der Waals surface area (Å²) in [7, 11) is 0. The Hall–Kier alpha value is -1.68. The maximum atomic E-state index is 12.2. The smallest absolute Gasteiger partial charge is 0.282 e. The number of carbonyl (C=O) groups excluding carboxylic acids is 2. The molecule has 1 aliphatic heterocycles. The van der Waals surface area contributed by atoms with Gasteiger partial charge in [-0.1, -0.05) is 12.1 Å². The first-order chi connectivity index (χ1) is 9.09. The summed E-state index contributed by atoms with van der Waals surface area (Å²) in [5.74, 6) is -0.0392. The molecule has 0 unspecified atom stereocenters. The van der Waals surface area contributed by atoms with Crippen molar-refractivity contribution in [3.8, 4) is 0 Å². The van der Waals surface area contributed by atoms with Gasteiger partial charge in [0.25, 0.3) is 5.91 Å². The quantitative estimate of drug-likeness (QED) is 0.791. The van der Waals surface area contributed by atoms with Crippen molar-refractivity contribution in [3.05, 3.63) is 29.8 Å². The van der Waals surface area contributed by atoms with Gasteiger partial charge in [-0.3, -0.25) is 9.59 Å². The number of quaternary nitrogens is 1. The monoisotopic (exact) mass is 261 g/mol. The SMILES string of the molecule is CC(=O)c1ccccc1NC(=O)[C@@H](C)[NH+]1CCCC1. The molecule has 19 heavy (non-hydrogen) atoms. The highest BCUT2D eigenvalue weighted by Gasteiger charge is 2.28. The van der Waals surface area contributed by atoms with Crippen LogP contribution in [0.3, 0.4) is 0 Å². The van der Waals surface area contributed by atoms with Gasteiger partial charge in [0.05, 0.1) is 18.8 Å². The molecule has 4 nitrogen and oxygen atoms in total. The van der Waals surface area contributed by atoms with E-state index in [0.717, 1.165) is 13.1 Å². The zero-order valence-corrected chi connectivity index (χ0v) is 11.5. The first-order valence-corrected chi connectivity index (χ1v) is 6.85. The van der Waals surface area contributed by atoms with Crippen LogP contribution in [0.15, 0.2) is 24.3 Å². The number of rotatable bonds is 4. The summed E-state index contributed by atoms with van der Waals surface area (Å²) in [6, 6.07) is 7.09. The fourth-order valence-corrected chi connectivity index (χ4v) is 2.59. The first kappa shape index (κ1) is 13.7. The molecule has 1 aromatic rings. The third-order valence-electron chi connectivity index (χ3n) is 3.82. The van der Waals surface area contributed by atoms with Gasteiger partial charge in [-0.15, -0.1) is 0 Å². The lowest BCUT2D eigenvalue weighted by Gasteiger charge is -2.20. The summed E-state index contributed by atoms with van der Waals surface area (Å²) in [5, 5.41) is 2.89. The zero-order valence-electron chi connectivity index (χ0n) is 11.5. The van der Waals surface area contributed by atoms with Gasteiger partial charge < -0.3 is 10.2 Å². The highest BCUT2D eigenvalue weighted by Crippen LogP contribution is 2.15. The van der Waals surface area contributed by atoms with Crippen molar-refractivity contribution < 1.29 is 14.5 Å². The van der Waals surface area contributed by atoms with Crippen LogP contribution in [0.5, 0.6) is 0 Å². The number of carbonyl (C=O) groups is 2. The fourth-order valence-electron chi connectivity index (χ4n) is 2.59. The molecule has 2 rings (SSSR count). The molecule has 102 valence electrons. The van der Waals surface area contributed by atoms with Gasteiger partial charge >= 0.3 is 0 Å². The summed E-state index contributed by atoms with van der Waals surface area (Å²) in [5.41, 5.74) is 1.19. The van der Waals surface area contributed by atoms with Crippen molar-refractivity contribution in [1.29, 1.82) is 0 Å². The van der Waals surface area contributed by atoms with Gasteiger partial charge in [0.15, 0.2) is 11.8 Å². The minimum Gasteiger partial charge on any atom is -0.325 e. The van der Waals surface area contributed by atoms with Crippen LogP contribution in [-0.4, -0.2) is 30.8 Å². The van der Waals surface area contributed by atoms with E-state index < -0.39 is 0 Å². The van der Waals surface area contributed by atoms with Crippen LogP contribution in [0.2, 0.25) is 0 Å². The van der Waals surface area contributed by atoms with E-state index in [-0.39, 0.29) is 17.7 Å². The van der Waals surface area contributed by atoms with Crippen LogP contribution < -0.4 is 10.2 Å². The van der Waals surface area contributed by atoms with E-state index in [1.807, 2.05) is 19.1 Å². The molecule has 1 atom stereocenters. The second-order valence-electron chi connectivity index (χ2n) is 5.18. The number of nitrogens with one attached hydrogen (secondary N) is 2. The first-order valence-electron chi connectivity index (χ1n) is 6.85. The van der Waals surface area contributed by atoms with Crippen LogP contribution >= 0.6 is 0 Å². The molecular weight excluding hydrogens is 240 g/mol. The number of Topliss-reactive ketones (excluding diaryl/α,β-unsaturated/α-hetero) is 1. The van der Waals surface area contributed by atoms with E-state index in [2.05, 4.69) is 5.32 Å². The topological polar surface area (TPSA) is 50.6 Å². The number of anilines is 1. The van der Waals surface area contributed by atoms with Crippen LogP contribution in [0.4, 0.5) is 5.69 Å². The van der Waals surface area contributed by atoms with E-state index in [1.165, 1.54) is 24.7 Å². The minimum absolute atomic E-state index is 0.00870. The number of amides is 1. The average molecular weight is 261 g/mol. The summed E-state index contributed by atoms with van der Waals surface area (Å²) < 4.78 is 0. The standard InChI is InChI=1S/C15H20N2O2/c1-11(17-9-5-6-10-17)15(19)16-14-8-4-3-7-13(14)12(2)18/h3-4,7-8,11H,5-6,9-10H2,1-2H3,(H,16,19)/p+1/t11-/m1/s1.